The minimum Gasteiger partial charge on any atom is -0.355 e. The Balaban J connectivity index is 1.50. The SMILES string of the molecule is O=C(NCCc1ccc(Cl)cc1)C1CCCN(S(=O)(=O)N2CCCC2)C1. The number of nitrogens with zero attached hydrogens (tertiary/aromatic N) is 2. The molecule has 2 saturated heterocycles. The second-order valence-corrected chi connectivity index (χ2v) is 9.34. The molecule has 3 rings (SSSR count). The first kappa shape index (κ1) is 19.6. The summed E-state index contributed by atoms with van der Waals surface area (Å²) in [6, 6.07) is 7.56. The number of carbonyl (C=O) groups is 1. The predicted molar refractivity (Wildman–Crippen MR) is 102 cm³/mol. The third-order valence-electron chi connectivity index (χ3n) is 5.10. The molecule has 0 spiro atoms. The Hall–Kier alpha value is -1.15. The van der Waals surface area contributed by atoms with Gasteiger partial charge in [-0.3, -0.25) is 4.79 Å². The van der Waals surface area contributed by atoms with Crippen molar-refractivity contribution in [1.29, 1.82) is 0 Å². The lowest BCUT2D eigenvalue weighted by atomic mass is 9.99. The van der Waals surface area contributed by atoms with Crippen molar-refractivity contribution in [2.75, 3.05) is 32.7 Å². The van der Waals surface area contributed by atoms with Crippen molar-refractivity contribution >= 4 is 27.7 Å². The highest BCUT2D eigenvalue weighted by Crippen LogP contribution is 2.23. The number of amides is 1. The fourth-order valence-corrected chi connectivity index (χ4v) is 5.47. The van der Waals surface area contributed by atoms with E-state index < -0.39 is 10.2 Å². The lowest BCUT2D eigenvalue weighted by molar-refractivity contribution is -0.126. The Labute approximate surface area is 160 Å². The van der Waals surface area contributed by atoms with Gasteiger partial charge in [0.1, 0.15) is 0 Å². The van der Waals surface area contributed by atoms with Crippen LogP contribution in [0.4, 0.5) is 0 Å². The average molecular weight is 400 g/mol. The van der Waals surface area contributed by atoms with E-state index in [1.165, 1.54) is 4.31 Å². The molecule has 1 unspecified atom stereocenters. The van der Waals surface area contributed by atoms with Crippen molar-refractivity contribution < 1.29 is 13.2 Å². The molecule has 1 N–H and O–H groups in total. The van der Waals surface area contributed by atoms with Gasteiger partial charge in [-0.25, -0.2) is 0 Å². The van der Waals surface area contributed by atoms with Crippen LogP contribution in [0.5, 0.6) is 0 Å². The van der Waals surface area contributed by atoms with Gasteiger partial charge in [0.15, 0.2) is 0 Å². The van der Waals surface area contributed by atoms with Gasteiger partial charge in [0.2, 0.25) is 5.91 Å². The highest BCUT2D eigenvalue weighted by Gasteiger charge is 2.36. The molecule has 2 heterocycles. The van der Waals surface area contributed by atoms with Crippen LogP contribution in [0.3, 0.4) is 0 Å². The van der Waals surface area contributed by atoms with E-state index >= 15 is 0 Å². The van der Waals surface area contributed by atoms with Gasteiger partial charge in [0.05, 0.1) is 5.92 Å². The lowest BCUT2D eigenvalue weighted by Crippen LogP contribution is -2.50. The van der Waals surface area contributed by atoms with Crippen LogP contribution >= 0.6 is 11.6 Å². The summed E-state index contributed by atoms with van der Waals surface area (Å²) in [7, 11) is -3.42. The van der Waals surface area contributed by atoms with E-state index in [4.69, 9.17) is 11.6 Å². The summed E-state index contributed by atoms with van der Waals surface area (Å²) in [4.78, 5) is 12.5. The highest BCUT2D eigenvalue weighted by atomic mass is 35.5. The van der Waals surface area contributed by atoms with Gasteiger partial charge < -0.3 is 5.32 Å². The van der Waals surface area contributed by atoms with Crippen molar-refractivity contribution in [3.8, 4) is 0 Å². The van der Waals surface area contributed by atoms with Gasteiger partial charge in [-0.15, -0.1) is 0 Å². The maximum atomic E-state index is 12.7. The summed E-state index contributed by atoms with van der Waals surface area (Å²) in [6.45, 7) is 2.52. The zero-order chi connectivity index (χ0) is 18.6. The number of piperidine rings is 1. The number of rotatable bonds is 6. The normalized spacial score (nSPS) is 22.4. The van der Waals surface area contributed by atoms with E-state index in [1.54, 1.807) is 4.31 Å². The Morgan fingerprint density at radius 1 is 1.08 bits per heavy atom. The van der Waals surface area contributed by atoms with E-state index in [1.807, 2.05) is 24.3 Å². The van der Waals surface area contributed by atoms with E-state index in [0.29, 0.717) is 31.2 Å². The fraction of sp³-hybridized carbons (Fsp3) is 0.611. The van der Waals surface area contributed by atoms with Crippen LogP contribution < -0.4 is 5.32 Å². The molecule has 1 amide bonds. The largest absolute Gasteiger partial charge is 0.355 e. The number of hydrogen-bond acceptors (Lipinski definition) is 3. The molecule has 0 saturated carbocycles. The Morgan fingerprint density at radius 2 is 1.73 bits per heavy atom. The molecule has 0 radical (unpaired) electrons. The van der Waals surface area contributed by atoms with Crippen LogP contribution in [-0.2, 0) is 21.4 Å². The smallest absolute Gasteiger partial charge is 0.281 e. The third kappa shape index (κ3) is 4.76. The molecule has 1 aromatic carbocycles. The summed E-state index contributed by atoms with van der Waals surface area (Å²) in [5.41, 5.74) is 1.11. The van der Waals surface area contributed by atoms with E-state index in [9.17, 15) is 13.2 Å². The first-order chi connectivity index (χ1) is 12.5. The molecule has 1 aromatic rings. The van der Waals surface area contributed by atoms with Crippen LogP contribution in [0.2, 0.25) is 5.02 Å². The molecule has 0 aliphatic carbocycles. The summed E-state index contributed by atoms with van der Waals surface area (Å²) in [5.74, 6) is -0.327. The fourth-order valence-electron chi connectivity index (χ4n) is 3.57. The Bertz CT molecular complexity index is 718. The molecule has 2 aliphatic heterocycles. The zero-order valence-electron chi connectivity index (χ0n) is 14.9. The van der Waals surface area contributed by atoms with Crippen molar-refractivity contribution in [3.05, 3.63) is 34.9 Å². The molecule has 6 nitrogen and oxygen atoms in total. The number of hydrogen-bond donors (Lipinski definition) is 1. The molecule has 1 atom stereocenters. The van der Waals surface area contributed by atoms with E-state index in [-0.39, 0.29) is 18.4 Å². The Kier molecular flexibility index (Phi) is 6.55. The molecular formula is C18H26ClN3O3S. The monoisotopic (exact) mass is 399 g/mol. The maximum Gasteiger partial charge on any atom is 0.281 e. The zero-order valence-corrected chi connectivity index (χ0v) is 16.4. The molecule has 2 aliphatic rings. The van der Waals surface area contributed by atoms with Crippen molar-refractivity contribution in [2.45, 2.75) is 32.1 Å². The minimum atomic E-state index is -3.42. The summed E-state index contributed by atoms with van der Waals surface area (Å²) in [6.07, 6.45) is 4.02. The molecule has 2 fully saturated rings. The predicted octanol–water partition coefficient (Wildman–Crippen LogP) is 2.05. The molecule has 144 valence electrons. The first-order valence-electron chi connectivity index (χ1n) is 9.24. The van der Waals surface area contributed by atoms with Crippen LogP contribution in [-0.4, -0.2) is 55.7 Å². The van der Waals surface area contributed by atoms with Crippen LogP contribution in [0.25, 0.3) is 0 Å². The number of nitrogens with one attached hydrogen (secondary N) is 1. The van der Waals surface area contributed by atoms with E-state index in [2.05, 4.69) is 5.32 Å². The van der Waals surface area contributed by atoms with Crippen molar-refractivity contribution in [2.24, 2.45) is 5.92 Å². The van der Waals surface area contributed by atoms with Gasteiger partial charge >= 0.3 is 0 Å². The summed E-state index contributed by atoms with van der Waals surface area (Å²) >= 11 is 5.87. The number of carbonyl (C=O) groups excluding carboxylic acids is 1. The number of halogens is 1. The van der Waals surface area contributed by atoms with Gasteiger partial charge in [0, 0.05) is 37.7 Å². The minimum absolute atomic E-state index is 0.0553. The van der Waals surface area contributed by atoms with Gasteiger partial charge in [-0.1, -0.05) is 23.7 Å². The van der Waals surface area contributed by atoms with Crippen molar-refractivity contribution in [1.82, 2.24) is 13.9 Å². The summed E-state index contributed by atoms with van der Waals surface area (Å²) < 4.78 is 28.4. The summed E-state index contributed by atoms with van der Waals surface area (Å²) in [5, 5.41) is 3.64. The first-order valence-corrected chi connectivity index (χ1v) is 11.0. The van der Waals surface area contributed by atoms with E-state index in [0.717, 1.165) is 37.7 Å². The maximum absolute atomic E-state index is 12.7. The molecule has 26 heavy (non-hydrogen) atoms. The standard InChI is InChI=1S/C18H26ClN3O3S/c19-17-7-5-15(6-8-17)9-10-20-18(23)16-4-3-13-22(14-16)26(24,25)21-11-1-2-12-21/h5-8,16H,1-4,9-14H2,(H,20,23). The van der Waals surface area contributed by atoms with Crippen LogP contribution in [0.15, 0.2) is 24.3 Å². The topological polar surface area (TPSA) is 69.7 Å². The molecule has 0 bridgehead atoms. The third-order valence-corrected chi connectivity index (χ3v) is 7.35. The highest BCUT2D eigenvalue weighted by molar-refractivity contribution is 7.86. The quantitative estimate of drug-likeness (QED) is 0.795. The second kappa shape index (κ2) is 8.69. The van der Waals surface area contributed by atoms with Crippen LogP contribution in [0, 0.1) is 5.92 Å². The number of benzene rings is 1. The average Bonchev–Trinajstić information content (AvgIpc) is 3.19. The van der Waals surface area contributed by atoms with Crippen molar-refractivity contribution in [3.63, 3.8) is 0 Å². The Morgan fingerprint density at radius 3 is 2.42 bits per heavy atom. The molecule has 0 aromatic heterocycles. The van der Waals surface area contributed by atoms with Gasteiger partial charge in [-0.2, -0.15) is 17.0 Å². The lowest BCUT2D eigenvalue weighted by Gasteiger charge is -2.33. The van der Waals surface area contributed by atoms with Gasteiger partial charge in [0.25, 0.3) is 10.2 Å². The molecule has 8 heteroatoms. The molecular weight excluding hydrogens is 374 g/mol. The van der Waals surface area contributed by atoms with Gasteiger partial charge in [-0.05, 0) is 49.8 Å². The van der Waals surface area contributed by atoms with Crippen LogP contribution in [0.1, 0.15) is 31.2 Å². The second-order valence-electron chi connectivity index (χ2n) is 6.98.